The maximum Gasteiger partial charge on any atom is 0.316 e. The predicted molar refractivity (Wildman–Crippen MR) is 82.8 cm³/mol. The zero-order valence-corrected chi connectivity index (χ0v) is 12.7. The van der Waals surface area contributed by atoms with Crippen molar-refractivity contribution < 1.29 is 9.53 Å². The van der Waals surface area contributed by atoms with Crippen molar-refractivity contribution >= 4 is 17.5 Å². The Morgan fingerprint density at radius 2 is 2.05 bits per heavy atom. The van der Waals surface area contributed by atoms with Crippen molar-refractivity contribution in [2.24, 2.45) is 0 Å². The fraction of sp³-hybridized carbons (Fsp3) is 0.312. The van der Waals surface area contributed by atoms with Crippen LogP contribution in [0.5, 0.6) is 6.01 Å². The minimum absolute atomic E-state index is 0.0578. The summed E-state index contributed by atoms with van der Waals surface area (Å²) >= 11 is 6.10. The van der Waals surface area contributed by atoms with Crippen LogP contribution in [0, 0.1) is 0 Å². The van der Waals surface area contributed by atoms with Crippen molar-refractivity contribution in [3.8, 4) is 6.01 Å². The highest BCUT2D eigenvalue weighted by molar-refractivity contribution is 6.31. The fourth-order valence-electron chi connectivity index (χ4n) is 2.46. The molecule has 1 unspecified atom stereocenters. The molecule has 2 heterocycles. The molecule has 3 rings (SSSR count). The van der Waals surface area contributed by atoms with Gasteiger partial charge < -0.3 is 9.64 Å². The zero-order chi connectivity index (χ0) is 15.4. The van der Waals surface area contributed by atoms with Crippen LogP contribution in [0.1, 0.15) is 12.0 Å². The van der Waals surface area contributed by atoms with Crippen LogP contribution in [-0.4, -0.2) is 40.0 Å². The van der Waals surface area contributed by atoms with Crippen LogP contribution in [0.15, 0.2) is 42.7 Å². The van der Waals surface area contributed by atoms with Gasteiger partial charge in [0.1, 0.15) is 6.10 Å². The monoisotopic (exact) mass is 317 g/mol. The Kier molecular flexibility index (Phi) is 4.53. The van der Waals surface area contributed by atoms with Crippen LogP contribution in [0.4, 0.5) is 0 Å². The van der Waals surface area contributed by atoms with Gasteiger partial charge in [-0.1, -0.05) is 29.8 Å². The summed E-state index contributed by atoms with van der Waals surface area (Å²) in [6, 6.07) is 9.51. The van der Waals surface area contributed by atoms with Gasteiger partial charge in [-0.3, -0.25) is 4.79 Å². The predicted octanol–water partition coefficient (Wildman–Crippen LogP) is 2.35. The summed E-state index contributed by atoms with van der Waals surface area (Å²) in [6.07, 6.45) is 4.31. The summed E-state index contributed by atoms with van der Waals surface area (Å²) in [4.78, 5) is 22.2. The van der Waals surface area contributed by atoms with Gasteiger partial charge in [-0.05, 0) is 17.7 Å². The van der Waals surface area contributed by atoms with Crippen LogP contribution in [0.3, 0.4) is 0 Å². The highest BCUT2D eigenvalue weighted by atomic mass is 35.5. The van der Waals surface area contributed by atoms with Gasteiger partial charge in [0, 0.05) is 30.4 Å². The molecule has 0 bridgehead atoms. The van der Waals surface area contributed by atoms with E-state index in [9.17, 15) is 4.79 Å². The van der Waals surface area contributed by atoms with E-state index < -0.39 is 0 Å². The Morgan fingerprint density at radius 1 is 1.27 bits per heavy atom. The molecule has 6 heteroatoms. The van der Waals surface area contributed by atoms with E-state index in [0.29, 0.717) is 30.5 Å². The molecule has 2 aromatic rings. The number of rotatable bonds is 4. The lowest BCUT2D eigenvalue weighted by Gasteiger charge is -2.17. The van der Waals surface area contributed by atoms with Gasteiger partial charge in [0.2, 0.25) is 5.91 Å². The molecular weight excluding hydrogens is 302 g/mol. The van der Waals surface area contributed by atoms with Crippen molar-refractivity contribution in [3.05, 3.63) is 53.3 Å². The molecule has 1 atom stereocenters. The van der Waals surface area contributed by atoms with Crippen molar-refractivity contribution in [3.63, 3.8) is 0 Å². The molecule has 1 fully saturated rings. The number of halogens is 1. The Balaban J connectivity index is 1.56. The Bertz CT molecular complexity index is 651. The number of carbonyl (C=O) groups is 1. The molecule has 1 aliphatic rings. The Hall–Kier alpha value is -2.14. The van der Waals surface area contributed by atoms with E-state index in [1.807, 2.05) is 18.2 Å². The highest BCUT2D eigenvalue weighted by Gasteiger charge is 2.28. The van der Waals surface area contributed by atoms with Crippen molar-refractivity contribution in [2.75, 3.05) is 13.1 Å². The summed E-state index contributed by atoms with van der Waals surface area (Å²) in [7, 11) is 0. The molecule has 0 spiro atoms. The fourth-order valence-corrected chi connectivity index (χ4v) is 2.67. The van der Waals surface area contributed by atoms with Crippen LogP contribution >= 0.6 is 11.6 Å². The number of carbonyl (C=O) groups excluding carboxylic acids is 1. The summed E-state index contributed by atoms with van der Waals surface area (Å²) in [6.45, 7) is 1.24. The molecule has 0 radical (unpaired) electrons. The van der Waals surface area contributed by atoms with E-state index >= 15 is 0 Å². The number of hydrogen-bond acceptors (Lipinski definition) is 4. The minimum atomic E-state index is -0.0578. The molecule has 1 saturated heterocycles. The van der Waals surface area contributed by atoms with Crippen molar-refractivity contribution in [2.45, 2.75) is 18.9 Å². The second kappa shape index (κ2) is 6.75. The molecule has 1 amide bonds. The third-order valence-electron chi connectivity index (χ3n) is 3.61. The molecule has 22 heavy (non-hydrogen) atoms. The van der Waals surface area contributed by atoms with Crippen LogP contribution in [0.2, 0.25) is 5.02 Å². The Morgan fingerprint density at radius 3 is 2.82 bits per heavy atom. The number of aromatic nitrogens is 2. The summed E-state index contributed by atoms with van der Waals surface area (Å²) in [5.74, 6) is 0.0631. The third-order valence-corrected chi connectivity index (χ3v) is 3.98. The van der Waals surface area contributed by atoms with E-state index in [1.165, 1.54) is 0 Å². The van der Waals surface area contributed by atoms with Gasteiger partial charge in [-0.25, -0.2) is 9.97 Å². The zero-order valence-electron chi connectivity index (χ0n) is 12.0. The van der Waals surface area contributed by atoms with E-state index in [4.69, 9.17) is 16.3 Å². The van der Waals surface area contributed by atoms with Gasteiger partial charge >= 0.3 is 6.01 Å². The minimum Gasteiger partial charge on any atom is -0.458 e. The Labute approximate surface area is 133 Å². The molecular formula is C16H16ClN3O2. The smallest absolute Gasteiger partial charge is 0.316 e. The van der Waals surface area contributed by atoms with Gasteiger partial charge in [0.25, 0.3) is 0 Å². The number of likely N-dealkylation sites (tertiary alicyclic amines) is 1. The number of hydrogen-bond donors (Lipinski definition) is 0. The van der Waals surface area contributed by atoms with Crippen molar-refractivity contribution in [1.29, 1.82) is 0 Å². The average Bonchev–Trinajstić information content (AvgIpc) is 2.99. The number of nitrogens with zero attached hydrogens (tertiary/aromatic N) is 3. The molecule has 0 aliphatic carbocycles. The molecule has 0 N–H and O–H groups in total. The third kappa shape index (κ3) is 3.54. The molecule has 1 aromatic heterocycles. The average molecular weight is 318 g/mol. The SMILES string of the molecule is O=C(Cc1ccccc1Cl)N1CCC(Oc2ncccn2)C1. The summed E-state index contributed by atoms with van der Waals surface area (Å²) in [5.41, 5.74) is 0.852. The maximum atomic E-state index is 12.3. The first-order valence-electron chi connectivity index (χ1n) is 7.17. The lowest BCUT2D eigenvalue weighted by atomic mass is 10.1. The van der Waals surface area contributed by atoms with Gasteiger partial charge in [0.05, 0.1) is 13.0 Å². The molecule has 1 aliphatic heterocycles. The van der Waals surface area contributed by atoms with Crippen LogP contribution < -0.4 is 4.74 Å². The number of ether oxygens (including phenoxy) is 1. The number of benzene rings is 1. The molecule has 0 saturated carbocycles. The lowest BCUT2D eigenvalue weighted by molar-refractivity contribution is -0.129. The van der Waals surface area contributed by atoms with Gasteiger partial charge in [-0.15, -0.1) is 0 Å². The first kappa shape index (κ1) is 14.8. The highest BCUT2D eigenvalue weighted by Crippen LogP contribution is 2.19. The lowest BCUT2D eigenvalue weighted by Crippen LogP contribution is -2.32. The normalized spacial score (nSPS) is 17.5. The number of amides is 1. The second-order valence-corrected chi connectivity index (χ2v) is 5.58. The topological polar surface area (TPSA) is 55.3 Å². The maximum absolute atomic E-state index is 12.3. The molecule has 5 nitrogen and oxygen atoms in total. The van der Waals surface area contributed by atoms with Crippen molar-refractivity contribution in [1.82, 2.24) is 14.9 Å². The van der Waals surface area contributed by atoms with Gasteiger partial charge in [0.15, 0.2) is 0 Å². The van der Waals surface area contributed by atoms with E-state index in [2.05, 4.69) is 9.97 Å². The van der Waals surface area contributed by atoms with E-state index in [1.54, 1.807) is 29.4 Å². The van der Waals surface area contributed by atoms with Crippen LogP contribution in [-0.2, 0) is 11.2 Å². The van der Waals surface area contributed by atoms with Gasteiger partial charge in [-0.2, -0.15) is 0 Å². The second-order valence-electron chi connectivity index (χ2n) is 5.17. The van der Waals surface area contributed by atoms with Crippen LogP contribution in [0.25, 0.3) is 0 Å². The quantitative estimate of drug-likeness (QED) is 0.868. The first-order valence-corrected chi connectivity index (χ1v) is 7.55. The molecule has 1 aromatic carbocycles. The standard InChI is InChI=1S/C16H16ClN3O2/c17-14-5-2-1-4-12(14)10-15(21)20-9-6-13(11-20)22-16-18-7-3-8-19-16/h1-5,7-8,13H,6,9-11H2. The molecule has 114 valence electrons. The first-order chi connectivity index (χ1) is 10.7. The largest absolute Gasteiger partial charge is 0.458 e. The van der Waals surface area contributed by atoms with E-state index in [-0.39, 0.29) is 12.0 Å². The van der Waals surface area contributed by atoms with E-state index in [0.717, 1.165) is 12.0 Å². The summed E-state index contributed by atoms with van der Waals surface area (Å²) < 4.78 is 5.69. The summed E-state index contributed by atoms with van der Waals surface area (Å²) in [5, 5.41) is 0.625.